The molecule has 0 spiro atoms. The Hall–Kier alpha value is -3.28. The van der Waals surface area contributed by atoms with Gasteiger partial charge >= 0.3 is 0 Å². The van der Waals surface area contributed by atoms with E-state index in [1.54, 1.807) is 18.2 Å². The van der Waals surface area contributed by atoms with Crippen LogP contribution in [0.1, 0.15) is 27.2 Å². The largest absolute Gasteiger partial charge is 0.366 e. The summed E-state index contributed by atoms with van der Waals surface area (Å²) >= 11 is 0. The Morgan fingerprint density at radius 3 is 2.44 bits per heavy atom. The maximum atomic E-state index is 12.9. The van der Waals surface area contributed by atoms with Crippen LogP contribution in [0.15, 0.2) is 60.9 Å². The van der Waals surface area contributed by atoms with Gasteiger partial charge in [0.15, 0.2) is 0 Å². The minimum Gasteiger partial charge on any atom is -0.366 e. The summed E-state index contributed by atoms with van der Waals surface area (Å²) < 4.78 is 12.9. The van der Waals surface area contributed by atoms with E-state index < -0.39 is 0 Å². The summed E-state index contributed by atoms with van der Waals surface area (Å²) in [5, 5.41) is 6.01. The SMILES string of the molecule is Cc1ccc(CNc2cc(C(=O)NCCc3ccc(F)cc3)ncn2)cc1. The Morgan fingerprint density at radius 2 is 1.70 bits per heavy atom. The molecule has 0 unspecified atom stereocenters. The molecule has 2 N–H and O–H groups in total. The van der Waals surface area contributed by atoms with Gasteiger partial charge in [-0.3, -0.25) is 4.79 Å². The van der Waals surface area contributed by atoms with Gasteiger partial charge in [0.25, 0.3) is 5.91 Å². The zero-order valence-electron chi connectivity index (χ0n) is 15.1. The average Bonchev–Trinajstić information content (AvgIpc) is 2.69. The van der Waals surface area contributed by atoms with Gasteiger partial charge < -0.3 is 10.6 Å². The molecule has 0 aliphatic carbocycles. The van der Waals surface area contributed by atoms with E-state index in [9.17, 15) is 9.18 Å². The maximum Gasteiger partial charge on any atom is 0.270 e. The van der Waals surface area contributed by atoms with Crippen molar-refractivity contribution in [1.82, 2.24) is 15.3 Å². The van der Waals surface area contributed by atoms with Crippen LogP contribution < -0.4 is 10.6 Å². The van der Waals surface area contributed by atoms with Gasteiger partial charge in [-0.05, 0) is 36.6 Å². The van der Waals surface area contributed by atoms with Gasteiger partial charge in [0.2, 0.25) is 0 Å². The summed E-state index contributed by atoms with van der Waals surface area (Å²) in [5.74, 6) is 0.0570. The molecule has 0 radical (unpaired) electrons. The summed E-state index contributed by atoms with van der Waals surface area (Å²) in [6, 6.07) is 16.1. The number of aromatic nitrogens is 2. The normalized spacial score (nSPS) is 10.4. The molecule has 5 nitrogen and oxygen atoms in total. The fourth-order valence-corrected chi connectivity index (χ4v) is 2.54. The summed E-state index contributed by atoms with van der Waals surface area (Å²) in [7, 11) is 0. The number of carbonyl (C=O) groups excluding carboxylic acids is 1. The second-order valence-corrected chi connectivity index (χ2v) is 6.26. The van der Waals surface area contributed by atoms with Crippen LogP contribution in [0.2, 0.25) is 0 Å². The first-order valence-corrected chi connectivity index (χ1v) is 8.74. The third-order valence-electron chi connectivity index (χ3n) is 4.11. The van der Waals surface area contributed by atoms with Crippen molar-refractivity contribution in [2.24, 2.45) is 0 Å². The van der Waals surface area contributed by atoms with Crippen LogP contribution in [-0.2, 0) is 13.0 Å². The van der Waals surface area contributed by atoms with Gasteiger partial charge in [0, 0.05) is 19.2 Å². The molecular formula is C21H21FN4O. The first-order valence-electron chi connectivity index (χ1n) is 8.74. The number of carbonyl (C=O) groups is 1. The lowest BCUT2D eigenvalue weighted by molar-refractivity contribution is 0.0949. The lowest BCUT2D eigenvalue weighted by Crippen LogP contribution is -2.26. The van der Waals surface area contributed by atoms with Crippen LogP contribution in [0.4, 0.5) is 10.2 Å². The summed E-state index contributed by atoms with van der Waals surface area (Å²) in [4.78, 5) is 20.4. The van der Waals surface area contributed by atoms with E-state index >= 15 is 0 Å². The van der Waals surface area contributed by atoms with Crippen LogP contribution in [0.25, 0.3) is 0 Å². The van der Waals surface area contributed by atoms with Crippen molar-refractivity contribution in [3.05, 3.63) is 89.1 Å². The average molecular weight is 364 g/mol. The van der Waals surface area contributed by atoms with E-state index in [1.807, 2.05) is 19.1 Å². The maximum absolute atomic E-state index is 12.9. The number of aryl methyl sites for hydroxylation is 1. The molecule has 0 saturated carbocycles. The van der Waals surface area contributed by atoms with Gasteiger partial charge in [-0.2, -0.15) is 0 Å². The molecule has 0 aliphatic rings. The highest BCUT2D eigenvalue weighted by Crippen LogP contribution is 2.09. The smallest absolute Gasteiger partial charge is 0.270 e. The van der Waals surface area contributed by atoms with Crippen LogP contribution in [0.3, 0.4) is 0 Å². The van der Waals surface area contributed by atoms with Crippen molar-refractivity contribution in [3.63, 3.8) is 0 Å². The predicted octanol–water partition coefficient (Wildman–Crippen LogP) is 3.51. The molecule has 0 aliphatic heterocycles. The highest BCUT2D eigenvalue weighted by molar-refractivity contribution is 5.92. The van der Waals surface area contributed by atoms with E-state index in [1.165, 1.54) is 24.0 Å². The van der Waals surface area contributed by atoms with E-state index in [4.69, 9.17) is 0 Å². The van der Waals surface area contributed by atoms with Gasteiger partial charge in [0.05, 0.1) is 0 Å². The standard InChI is InChI=1S/C21H21FN4O/c1-15-2-4-17(5-3-15)13-24-20-12-19(25-14-26-20)21(27)23-11-10-16-6-8-18(22)9-7-16/h2-9,12,14H,10-11,13H2,1H3,(H,23,27)(H,24,25,26). The highest BCUT2D eigenvalue weighted by atomic mass is 19.1. The Balaban J connectivity index is 1.51. The minimum absolute atomic E-state index is 0.266. The molecule has 0 saturated heterocycles. The molecule has 0 fully saturated rings. The quantitative estimate of drug-likeness (QED) is 0.673. The molecule has 1 heterocycles. The summed E-state index contributed by atoms with van der Waals surface area (Å²) in [6.45, 7) is 3.10. The lowest BCUT2D eigenvalue weighted by atomic mass is 10.1. The predicted molar refractivity (Wildman–Crippen MR) is 103 cm³/mol. The van der Waals surface area contributed by atoms with Crippen molar-refractivity contribution in [2.75, 3.05) is 11.9 Å². The number of hydrogen-bond acceptors (Lipinski definition) is 4. The Labute approximate surface area is 157 Å². The molecular weight excluding hydrogens is 343 g/mol. The first kappa shape index (κ1) is 18.5. The molecule has 3 aromatic rings. The molecule has 6 heteroatoms. The molecule has 2 aromatic carbocycles. The summed E-state index contributed by atoms with van der Waals surface area (Å²) in [5.41, 5.74) is 3.60. The van der Waals surface area contributed by atoms with Crippen molar-refractivity contribution in [3.8, 4) is 0 Å². The number of hydrogen-bond donors (Lipinski definition) is 2. The Kier molecular flexibility index (Phi) is 6.10. The Morgan fingerprint density at radius 1 is 1.00 bits per heavy atom. The third-order valence-corrected chi connectivity index (χ3v) is 4.11. The second-order valence-electron chi connectivity index (χ2n) is 6.26. The third kappa shape index (κ3) is 5.60. The van der Waals surface area contributed by atoms with E-state index in [0.717, 1.165) is 11.1 Å². The second kappa shape index (κ2) is 8.89. The summed E-state index contributed by atoms with van der Waals surface area (Å²) in [6.07, 6.45) is 1.99. The van der Waals surface area contributed by atoms with Crippen molar-refractivity contribution >= 4 is 11.7 Å². The van der Waals surface area contributed by atoms with Crippen molar-refractivity contribution < 1.29 is 9.18 Å². The van der Waals surface area contributed by atoms with Crippen LogP contribution >= 0.6 is 0 Å². The topological polar surface area (TPSA) is 66.9 Å². The molecule has 1 aromatic heterocycles. The van der Waals surface area contributed by atoms with Gasteiger partial charge in [-0.25, -0.2) is 14.4 Å². The first-order chi connectivity index (χ1) is 13.1. The lowest BCUT2D eigenvalue weighted by Gasteiger charge is -2.08. The van der Waals surface area contributed by atoms with Crippen LogP contribution in [-0.4, -0.2) is 22.4 Å². The zero-order chi connectivity index (χ0) is 19.1. The number of amides is 1. The van der Waals surface area contributed by atoms with Crippen molar-refractivity contribution in [2.45, 2.75) is 19.9 Å². The number of rotatable bonds is 7. The monoisotopic (exact) mass is 364 g/mol. The minimum atomic E-state index is -0.269. The van der Waals surface area contributed by atoms with E-state index in [2.05, 4.69) is 32.7 Å². The molecule has 0 bridgehead atoms. The fraction of sp³-hybridized carbons (Fsp3) is 0.190. The number of nitrogens with zero attached hydrogens (tertiary/aromatic N) is 2. The molecule has 27 heavy (non-hydrogen) atoms. The van der Waals surface area contributed by atoms with Gasteiger partial charge in [-0.1, -0.05) is 42.0 Å². The zero-order valence-corrected chi connectivity index (χ0v) is 15.1. The number of anilines is 1. The van der Waals surface area contributed by atoms with Crippen molar-refractivity contribution in [1.29, 1.82) is 0 Å². The number of benzene rings is 2. The fourth-order valence-electron chi connectivity index (χ4n) is 2.54. The number of halogens is 1. The number of nitrogens with one attached hydrogen (secondary N) is 2. The molecule has 1 amide bonds. The van der Waals surface area contributed by atoms with E-state index in [-0.39, 0.29) is 11.7 Å². The molecule has 0 atom stereocenters. The molecule has 138 valence electrons. The van der Waals surface area contributed by atoms with Crippen LogP contribution in [0.5, 0.6) is 0 Å². The molecule has 3 rings (SSSR count). The highest BCUT2D eigenvalue weighted by Gasteiger charge is 2.08. The van der Waals surface area contributed by atoms with Crippen LogP contribution in [0, 0.1) is 12.7 Å². The Bertz CT molecular complexity index is 895. The van der Waals surface area contributed by atoms with Gasteiger partial charge in [-0.15, -0.1) is 0 Å². The van der Waals surface area contributed by atoms with Gasteiger partial charge in [0.1, 0.15) is 23.7 Å². The van der Waals surface area contributed by atoms with E-state index in [0.29, 0.717) is 31.0 Å².